The summed E-state index contributed by atoms with van der Waals surface area (Å²) in [5.74, 6) is -1.65. The first kappa shape index (κ1) is 14.4. The van der Waals surface area contributed by atoms with Crippen LogP contribution in [0.3, 0.4) is 0 Å². The molecule has 2 heterocycles. The molecule has 3 rings (SSSR count). The lowest BCUT2D eigenvalue weighted by Gasteiger charge is -2.18. The minimum Gasteiger partial charge on any atom is -0.281 e. The van der Waals surface area contributed by atoms with Gasteiger partial charge in [-0.15, -0.1) is 0 Å². The summed E-state index contributed by atoms with van der Waals surface area (Å²) in [4.78, 5) is 50.8. The van der Waals surface area contributed by atoms with Gasteiger partial charge in [0.15, 0.2) is 0 Å². The predicted octanol–water partition coefficient (Wildman–Crippen LogP) is 1.05. The van der Waals surface area contributed by atoms with E-state index in [1.807, 2.05) is 0 Å². The van der Waals surface area contributed by atoms with E-state index < -0.39 is 17.7 Å². The van der Waals surface area contributed by atoms with Crippen molar-refractivity contribution >= 4 is 23.6 Å². The molecule has 1 aromatic rings. The van der Waals surface area contributed by atoms with Gasteiger partial charge in [0, 0.05) is 13.0 Å². The zero-order valence-electron chi connectivity index (χ0n) is 12.5. The molecule has 1 fully saturated rings. The van der Waals surface area contributed by atoms with Crippen LogP contribution in [-0.2, 0) is 9.59 Å². The lowest BCUT2D eigenvalue weighted by atomic mass is 9.99. The number of likely N-dealkylation sites (tertiary alicyclic amines) is 1. The third-order valence-electron chi connectivity index (χ3n) is 4.21. The molecule has 6 heteroatoms. The molecule has 0 saturated carbocycles. The van der Waals surface area contributed by atoms with Crippen LogP contribution in [-0.4, -0.2) is 46.5 Å². The van der Waals surface area contributed by atoms with Crippen molar-refractivity contribution in [3.63, 3.8) is 0 Å². The second-order valence-corrected chi connectivity index (χ2v) is 5.69. The maximum atomic E-state index is 12.5. The Labute approximate surface area is 127 Å². The second-order valence-electron chi connectivity index (χ2n) is 5.69. The molecule has 0 unspecified atom stereocenters. The van der Waals surface area contributed by atoms with Gasteiger partial charge in [0.1, 0.15) is 6.54 Å². The van der Waals surface area contributed by atoms with Crippen LogP contribution in [0.5, 0.6) is 0 Å². The minimum atomic E-state index is -0.493. The summed E-state index contributed by atoms with van der Waals surface area (Å²) < 4.78 is 0. The molecular weight excluding hydrogens is 284 g/mol. The second kappa shape index (κ2) is 5.05. The molecular formula is C16H16N2O4. The van der Waals surface area contributed by atoms with Gasteiger partial charge in [0.25, 0.3) is 11.8 Å². The summed E-state index contributed by atoms with van der Waals surface area (Å²) in [6, 6.07) is 3.57. The van der Waals surface area contributed by atoms with Gasteiger partial charge >= 0.3 is 0 Å². The highest BCUT2D eigenvalue weighted by atomic mass is 16.2. The van der Waals surface area contributed by atoms with Crippen LogP contribution in [0.2, 0.25) is 0 Å². The third kappa shape index (κ3) is 2.03. The highest BCUT2D eigenvalue weighted by molar-refractivity contribution is 6.23. The quantitative estimate of drug-likeness (QED) is 0.765. The summed E-state index contributed by atoms with van der Waals surface area (Å²) in [5.41, 5.74) is 2.16. The Morgan fingerprint density at radius 1 is 1.05 bits per heavy atom. The maximum absolute atomic E-state index is 12.5. The van der Waals surface area contributed by atoms with Crippen LogP contribution in [0.15, 0.2) is 12.1 Å². The lowest BCUT2D eigenvalue weighted by Crippen LogP contribution is -2.43. The third-order valence-corrected chi connectivity index (χ3v) is 4.21. The molecule has 1 saturated heterocycles. The van der Waals surface area contributed by atoms with Crippen LogP contribution in [0.1, 0.15) is 44.7 Å². The van der Waals surface area contributed by atoms with Gasteiger partial charge in [-0.25, -0.2) is 0 Å². The van der Waals surface area contributed by atoms with Gasteiger partial charge in [0.05, 0.1) is 11.1 Å². The molecule has 4 amide bonds. The summed E-state index contributed by atoms with van der Waals surface area (Å²) in [6.45, 7) is 3.51. The Morgan fingerprint density at radius 3 is 2.05 bits per heavy atom. The Kier molecular flexibility index (Phi) is 3.31. The number of carbonyl (C=O) groups excluding carboxylic acids is 4. The van der Waals surface area contributed by atoms with E-state index in [0.717, 1.165) is 9.80 Å². The van der Waals surface area contributed by atoms with E-state index >= 15 is 0 Å². The van der Waals surface area contributed by atoms with E-state index in [1.54, 1.807) is 26.0 Å². The number of fused-ring (bicyclic) bond motifs is 1. The summed E-state index contributed by atoms with van der Waals surface area (Å²) in [7, 11) is 0. The summed E-state index contributed by atoms with van der Waals surface area (Å²) in [6.07, 6.45) is 0.969. The number of hydrogen-bond acceptors (Lipinski definition) is 4. The van der Waals surface area contributed by atoms with Gasteiger partial charge < -0.3 is 0 Å². The molecule has 0 atom stereocenters. The molecule has 0 spiro atoms. The van der Waals surface area contributed by atoms with E-state index in [4.69, 9.17) is 0 Å². The van der Waals surface area contributed by atoms with Gasteiger partial charge in [-0.2, -0.15) is 0 Å². The Bertz CT molecular complexity index is 682. The fraction of sp³-hybridized carbons (Fsp3) is 0.375. The van der Waals surface area contributed by atoms with Crippen LogP contribution >= 0.6 is 0 Å². The lowest BCUT2D eigenvalue weighted by molar-refractivity contribution is -0.142. The molecule has 114 valence electrons. The Hall–Kier alpha value is -2.50. The van der Waals surface area contributed by atoms with Crippen LogP contribution < -0.4 is 0 Å². The number of nitrogens with zero attached hydrogens (tertiary/aromatic N) is 2. The smallest absolute Gasteiger partial charge is 0.262 e. The fourth-order valence-corrected chi connectivity index (χ4v) is 3.00. The number of hydrogen-bond donors (Lipinski definition) is 0. The first-order valence-electron chi connectivity index (χ1n) is 7.21. The van der Waals surface area contributed by atoms with Crippen molar-refractivity contribution in [3.05, 3.63) is 34.4 Å². The van der Waals surface area contributed by atoms with Crippen molar-refractivity contribution in [3.8, 4) is 0 Å². The topological polar surface area (TPSA) is 74.8 Å². The Morgan fingerprint density at radius 2 is 1.59 bits per heavy atom. The molecule has 1 aromatic carbocycles. The average Bonchev–Trinajstić information content (AvgIpc) is 3.00. The van der Waals surface area contributed by atoms with E-state index in [9.17, 15) is 19.2 Å². The number of rotatable bonds is 2. The normalized spacial score (nSPS) is 17.5. The maximum Gasteiger partial charge on any atom is 0.262 e. The standard InChI is InChI=1S/C16H16N2O4/c1-9-5-6-10(2)14-13(9)15(21)18(16(14)22)8-12(20)17-7-3-4-11(17)19/h5-6H,3-4,7-8H2,1-2H3. The molecule has 0 radical (unpaired) electrons. The van der Waals surface area contributed by atoms with Crippen molar-refractivity contribution < 1.29 is 19.2 Å². The van der Waals surface area contributed by atoms with Gasteiger partial charge in [-0.05, 0) is 31.4 Å². The van der Waals surface area contributed by atoms with Crippen LogP contribution in [0.25, 0.3) is 0 Å². The highest BCUT2D eigenvalue weighted by Crippen LogP contribution is 2.28. The SMILES string of the molecule is Cc1ccc(C)c2c1C(=O)N(CC(=O)N1CCCC1=O)C2=O. The van der Waals surface area contributed by atoms with E-state index in [-0.39, 0.29) is 12.5 Å². The largest absolute Gasteiger partial charge is 0.281 e. The van der Waals surface area contributed by atoms with Crippen molar-refractivity contribution in [1.29, 1.82) is 0 Å². The zero-order chi connectivity index (χ0) is 16.0. The zero-order valence-corrected chi connectivity index (χ0v) is 12.5. The summed E-state index contributed by atoms with van der Waals surface area (Å²) in [5, 5.41) is 0. The molecule has 0 aliphatic carbocycles. The van der Waals surface area contributed by atoms with Crippen LogP contribution in [0, 0.1) is 13.8 Å². The highest BCUT2D eigenvalue weighted by Gasteiger charge is 2.40. The number of amides is 4. The van der Waals surface area contributed by atoms with Crippen molar-refractivity contribution in [2.75, 3.05) is 13.1 Å². The molecule has 0 N–H and O–H groups in total. The van der Waals surface area contributed by atoms with E-state index in [0.29, 0.717) is 41.6 Å². The molecule has 0 aromatic heterocycles. The number of benzene rings is 1. The molecule has 22 heavy (non-hydrogen) atoms. The van der Waals surface area contributed by atoms with Gasteiger partial charge in [0.2, 0.25) is 11.8 Å². The van der Waals surface area contributed by atoms with Crippen molar-refractivity contribution in [2.45, 2.75) is 26.7 Å². The fourth-order valence-electron chi connectivity index (χ4n) is 3.00. The number of aryl methyl sites for hydroxylation is 2. The predicted molar refractivity (Wildman–Crippen MR) is 77.2 cm³/mol. The first-order chi connectivity index (χ1) is 10.4. The Balaban J connectivity index is 1.88. The monoisotopic (exact) mass is 300 g/mol. The van der Waals surface area contributed by atoms with E-state index in [2.05, 4.69) is 0 Å². The average molecular weight is 300 g/mol. The molecule has 0 bridgehead atoms. The molecule has 2 aliphatic rings. The molecule has 6 nitrogen and oxygen atoms in total. The minimum absolute atomic E-state index is 0.242. The van der Waals surface area contributed by atoms with Crippen molar-refractivity contribution in [1.82, 2.24) is 9.80 Å². The first-order valence-corrected chi connectivity index (χ1v) is 7.21. The van der Waals surface area contributed by atoms with Gasteiger partial charge in [-0.3, -0.25) is 29.0 Å². The summed E-state index contributed by atoms with van der Waals surface area (Å²) >= 11 is 0. The number of imide groups is 2. The van der Waals surface area contributed by atoms with Gasteiger partial charge in [-0.1, -0.05) is 12.1 Å². The van der Waals surface area contributed by atoms with Crippen LogP contribution in [0.4, 0.5) is 0 Å². The number of carbonyl (C=O) groups is 4. The van der Waals surface area contributed by atoms with E-state index in [1.165, 1.54) is 0 Å². The molecule has 2 aliphatic heterocycles. The van der Waals surface area contributed by atoms with Crippen molar-refractivity contribution in [2.24, 2.45) is 0 Å².